The molecular weight excluding hydrogens is 228 g/mol. The van der Waals surface area contributed by atoms with Gasteiger partial charge < -0.3 is 4.74 Å². The Balaban J connectivity index is 3.27. The van der Waals surface area contributed by atoms with Gasteiger partial charge in [0.05, 0.1) is 12.3 Å². The molecule has 1 heterocycles. The van der Waals surface area contributed by atoms with Gasteiger partial charge in [0, 0.05) is 25.0 Å². The van der Waals surface area contributed by atoms with Crippen LogP contribution < -0.4 is 0 Å². The zero-order valence-corrected chi connectivity index (χ0v) is 11.6. The van der Waals surface area contributed by atoms with Crippen LogP contribution in [0, 0.1) is 12.3 Å². The largest absolute Gasteiger partial charge is 0.477 e. The van der Waals surface area contributed by atoms with Crippen molar-refractivity contribution < 1.29 is 4.74 Å². The van der Waals surface area contributed by atoms with Gasteiger partial charge in [-0.05, 0) is 33.3 Å². The number of hydrogen-bond donors (Lipinski definition) is 1. The molecule has 0 bridgehead atoms. The molecule has 0 aliphatic rings. The van der Waals surface area contributed by atoms with Gasteiger partial charge in [-0.25, -0.2) is 0 Å². The molecule has 0 aliphatic carbocycles. The lowest BCUT2D eigenvalue weighted by molar-refractivity contribution is 0.324. The molecule has 0 saturated carbocycles. The molecule has 5 nitrogen and oxygen atoms in total. The van der Waals surface area contributed by atoms with Crippen LogP contribution in [0.2, 0.25) is 0 Å². The molecule has 0 aromatic carbocycles. The van der Waals surface area contributed by atoms with Crippen molar-refractivity contribution in [2.24, 2.45) is 12.0 Å². The minimum absolute atomic E-state index is 0.0938. The Morgan fingerprint density at radius 3 is 2.72 bits per heavy atom. The predicted molar refractivity (Wildman–Crippen MR) is 74.1 cm³/mol. The van der Waals surface area contributed by atoms with Gasteiger partial charge >= 0.3 is 0 Å². The Labute approximate surface area is 108 Å². The molecule has 0 atom stereocenters. The molecule has 1 rings (SSSR count). The first-order valence-electron chi connectivity index (χ1n) is 5.93. The molecule has 0 fully saturated rings. The second kappa shape index (κ2) is 6.14. The molecule has 0 spiro atoms. The van der Waals surface area contributed by atoms with Crippen LogP contribution in [-0.4, -0.2) is 28.5 Å². The second-order valence-corrected chi connectivity index (χ2v) is 3.92. The van der Waals surface area contributed by atoms with Crippen molar-refractivity contribution >= 4 is 17.7 Å². The van der Waals surface area contributed by atoms with Crippen LogP contribution >= 0.6 is 0 Å². The molecule has 1 aromatic rings. The van der Waals surface area contributed by atoms with Crippen molar-refractivity contribution in [3.8, 4) is 0 Å². The topological polar surface area (TPSA) is 63.3 Å². The van der Waals surface area contributed by atoms with Crippen LogP contribution in [0.5, 0.6) is 0 Å². The summed E-state index contributed by atoms with van der Waals surface area (Å²) in [5.41, 5.74) is 3.36. The normalized spacial score (nSPS) is 12.7. The van der Waals surface area contributed by atoms with Crippen LogP contribution in [-0.2, 0) is 11.8 Å². The lowest BCUT2D eigenvalue weighted by atomic mass is 10.1. The monoisotopic (exact) mass is 248 g/mol. The van der Waals surface area contributed by atoms with Gasteiger partial charge in [0.15, 0.2) is 0 Å². The van der Waals surface area contributed by atoms with Gasteiger partial charge in [0.1, 0.15) is 5.70 Å². The number of allylic oxidation sites excluding steroid dienone is 1. The van der Waals surface area contributed by atoms with E-state index in [1.54, 1.807) is 10.9 Å². The fraction of sp³-hybridized carbons (Fsp3) is 0.462. The molecule has 0 unspecified atom stereocenters. The van der Waals surface area contributed by atoms with Crippen molar-refractivity contribution in [1.29, 1.82) is 5.41 Å². The van der Waals surface area contributed by atoms with E-state index in [0.29, 0.717) is 12.3 Å². The van der Waals surface area contributed by atoms with Gasteiger partial charge in [-0.3, -0.25) is 15.1 Å². The highest BCUT2D eigenvalue weighted by atomic mass is 16.5. The fourth-order valence-electron chi connectivity index (χ4n) is 1.76. The highest BCUT2D eigenvalue weighted by Crippen LogP contribution is 2.22. The third-order valence-corrected chi connectivity index (χ3v) is 2.53. The summed E-state index contributed by atoms with van der Waals surface area (Å²) in [6.07, 6.45) is 3.59. The number of aryl methyl sites for hydroxylation is 2. The lowest BCUT2D eigenvalue weighted by Crippen LogP contribution is -2.07. The molecule has 5 heteroatoms. The first-order valence-corrected chi connectivity index (χ1v) is 5.93. The number of nitrogens with zero attached hydrogens (tertiary/aromatic N) is 3. The first-order chi connectivity index (χ1) is 8.51. The summed E-state index contributed by atoms with van der Waals surface area (Å²) in [5, 5.41) is 12.2. The van der Waals surface area contributed by atoms with Gasteiger partial charge in [0.25, 0.3) is 0 Å². The Kier molecular flexibility index (Phi) is 4.83. The Morgan fingerprint density at radius 2 is 2.28 bits per heavy atom. The van der Waals surface area contributed by atoms with E-state index in [9.17, 15) is 0 Å². The van der Waals surface area contributed by atoms with E-state index in [1.165, 1.54) is 0 Å². The summed E-state index contributed by atoms with van der Waals surface area (Å²) < 4.78 is 6.99. The summed E-state index contributed by atoms with van der Waals surface area (Å²) in [5.74, 6) is 0.0938. The first kappa shape index (κ1) is 14.2. The summed E-state index contributed by atoms with van der Waals surface area (Å²) in [4.78, 5) is 4.24. The Bertz CT molecular complexity index is 497. The molecule has 0 saturated heterocycles. The standard InChI is InChI=1S/C13H20N4O/c1-6-15-12(13(14)18-7-2)9(3)11-8-17(5)16-10(11)4/h6,8,14H,7H2,1-5H3/b12-9+,14-13?,15-6-. The minimum atomic E-state index is 0.0938. The smallest absolute Gasteiger partial charge is 0.232 e. The summed E-state index contributed by atoms with van der Waals surface area (Å²) >= 11 is 0. The van der Waals surface area contributed by atoms with E-state index in [1.807, 2.05) is 40.9 Å². The molecule has 98 valence electrons. The molecule has 0 aliphatic heterocycles. The van der Waals surface area contributed by atoms with Crippen LogP contribution in [0.15, 0.2) is 16.9 Å². The van der Waals surface area contributed by atoms with Crippen molar-refractivity contribution in [3.63, 3.8) is 0 Å². The average Bonchev–Trinajstić information content (AvgIpc) is 2.65. The Morgan fingerprint density at radius 1 is 1.61 bits per heavy atom. The van der Waals surface area contributed by atoms with E-state index in [-0.39, 0.29) is 5.90 Å². The number of hydrogen-bond acceptors (Lipinski definition) is 4. The van der Waals surface area contributed by atoms with E-state index >= 15 is 0 Å². The SMILES string of the molecule is C/C=N\C(C(=N)OCC)=C(/C)c1cn(C)nc1C. The summed E-state index contributed by atoms with van der Waals surface area (Å²) in [6, 6.07) is 0. The summed E-state index contributed by atoms with van der Waals surface area (Å²) in [6.45, 7) is 8.01. The third kappa shape index (κ3) is 3.06. The van der Waals surface area contributed by atoms with Crippen LogP contribution in [0.4, 0.5) is 0 Å². The molecule has 1 N–H and O–H groups in total. The van der Waals surface area contributed by atoms with Crippen LogP contribution in [0.3, 0.4) is 0 Å². The number of rotatable bonds is 4. The second-order valence-electron chi connectivity index (χ2n) is 3.92. The zero-order valence-electron chi connectivity index (χ0n) is 11.6. The third-order valence-electron chi connectivity index (χ3n) is 2.53. The minimum Gasteiger partial charge on any atom is -0.477 e. The highest BCUT2D eigenvalue weighted by molar-refractivity contribution is 6.00. The van der Waals surface area contributed by atoms with E-state index in [2.05, 4.69) is 10.1 Å². The van der Waals surface area contributed by atoms with Gasteiger partial charge in [0.2, 0.25) is 5.90 Å². The fourth-order valence-corrected chi connectivity index (χ4v) is 1.76. The maximum Gasteiger partial charge on any atom is 0.232 e. The summed E-state index contributed by atoms with van der Waals surface area (Å²) in [7, 11) is 1.88. The van der Waals surface area contributed by atoms with Gasteiger partial charge in [-0.15, -0.1) is 0 Å². The number of ether oxygens (including phenoxy) is 1. The Hall–Kier alpha value is -1.91. The van der Waals surface area contributed by atoms with Crippen LogP contribution in [0.25, 0.3) is 5.57 Å². The molecule has 18 heavy (non-hydrogen) atoms. The van der Waals surface area contributed by atoms with Crippen molar-refractivity contribution in [2.75, 3.05) is 6.61 Å². The van der Waals surface area contributed by atoms with E-state index in [0.717, 1.165) is 16.8 Å². The lowest BCUT2D eigenvalue weighted by Gasteiger charge is -2.09. The predicted octanol–water partition coefficient (Wildman–Crippen LogP) is 2.56. The number of aromatic nitrogens is 2. The zero-order chi connectivity index (χ0) is 13.7. The number of nitrogens with one attached hydrogen (secondary N) is 1. The molecule has 0 radical (unpaired) electrons. The molecule has 1 aromatic heterocycles. The number of aliphatic imine (C=N–C) groups is 1. The van der Waals surface area contributed by atoms with Gasteiger partial charge in [-0.2, -0.15) is 5.10 Å². The molecular formula is C13H20N4O. The van der Waals surface area contributed by atoms with Crippen LogP contribution in [0.1, 0.15) is 32.0 Å². The van der Waals surface area contributed by atoms with E-state index in [4.69, 9.17) is 10.1 Å². The average molecular weight is 248 g/mol. The quantitative estimate of drug-likeness (QED) is 0.657. The maximum atomic E-state index is 7.89. The molecule has 0 amide bonds. The van der Waals surface area contributed by atoms with E-state index < -0.39 is 0 Å². The van der Waals surface area contributed by atoms with Crippen molar-refractivity contribution in [1.82, 2.24) is 9.78 Å². The van der Waals surface area contributed by atoms with Crippen molar-refractivity contribution in [2.45, 2.75) is 27.7 Å². The maximum absolute atomic E-state index is 7.89. The van der Waals surface area contributed by atoms with Crippen molar-refractivity contribution in [3.05, 3.63) is 23.2 Å². The van der Waals surface area contributed by atoms with Gasteiger partial charge in [-0.1, -0.05) is 0 Å². The highest BCUT2D eigenvalue weighted by Gasteiger charge is 2.14.